The van der Waals surface area contributed by atoms with E-state index in [2.05, 4.69) is 4.90 Å². The maximum absolute atomic E-state index is 13.2. The molecule has 6 heteroatoms. The van der Waals surface area contributed by atoms with E-state index in [0.29, 0.717) is 31.2 Å². The van der Waals surface area contributed by atoms with Crippen LogP contribution in [0.15, 0.2) is 18.2 Å². The number of ether oxygens (including phenoxy) is 1. The van der Waals surface area contributed by atoms with Gasteiger partial charge in [-0.05, 0) is 23.8 Å². The highest BCUT2D eigenvalue weighted by Crippen LogP contribution is 2.32. The van der Waals surface area contributed by atoms with Gasteiger partial charge in [0.05, 0.1) is 6.54 Å². The van der Waals surface area contributed by atoms with E-state index in [1.165, 1.54) is 12.1 Å². The van der Waals surface area contributed by atoms with E-state index in [0.717, 1.165) is 5.56 Å². The van der Waals surface area contributed by atoms with Crippen LogP contribution in [-0.2, 0) is 11.3 Å². The third-order valence-corrected chi connectivity index (χ3v) is 3.71. The minimum Gasteiger partial charge on any atom is -0.438 e. The Balaban J connectivity index is 1.61. The molecule has 19 heavy (non-hydrogen) atoms. The molecule has 2 aliphatic rings. The quantitative estimate of drug-likeness (QED) is 0.834. The van der Waals surface area contributed by atoms with E-state index in [9.17, 15) is 9.18 Å². The summed E-state index contributed by atoms with van der Waals surface area (Å²) < 4.78 is 18.6. The lowest BCUT2D eigenvalue weighted by atomic mass is 9.93. The van der Waals surface area contributed by atoms with Crippen molar-refractivity contribution in [3.8, 4) is 0 Å². The molecule has 0 aliphatic carbocycles. The van der Waals surface area contributed by atoms with E-state index >= 15 is 0 Å². The Morgan fingerprint density at radius 2 is 2.11 bits per heavy atom. The van der Waals surface area contributed by atoms with Gasteiger partial charge in [-0.15, -0.1) is 0 Å². The van der Waals surface area contributed by atoms with Crippen molar-refractivity contribution < 1.29 is 13.9 Å². The number of benzene rings is 1. The number of rotatable bonds is 2. The Morgan fingerprint density at radius 3 is 2.68 bits per heavy atom. The number of hydrogen-bond donors (Lipinski definition) is 0. The summed E-state index contributed by atoms with van der Waals surface area (Å²) in [5.74, 6) is -0.329. The minimum absolute atomic E-state index is 0.270. The second kappa shape index (κ2) is 4.35. The van der Waals surface area contributed by atoms with Gasteiger partial charge in [0, 0.05) is 31.7 Å². The van der Waals surface area contributed by atoms with Crippen molar-refractivity contribution in [1.82, 2.24) is 9.80 Å². The van der Waals surface area contributed by atoms with E-state index in [-0.39, 0.29) is 17.5 Å². The van der Waals surface area contributed by atoms with Gasteiger partial charge >= 0.3 is 6.09 Å². The lowest BCUT2D eigenvalue weighted by Crippen LogP contribution is -2.63. The first kappa shape index (κ1) is 12.7. The zero-order valence-electron chi connectivity index (χ0n) is 10.5. The third kappa shape index (κ3) is 2.40. The molecule has 2 aliphatic heterocycles. The molecule has 0 aromatic heterocycles. The summed E-state index contributed by atoms with van der Waals surface area (Å²) in [5, 5.41) is 0.400. The van der Waals surface area contributed by atoms with Gasteiger partial charge in [-0.3, -0.25) is 4.90 Å². The second-order valence-electron chi connectivity index (χ2n) is 5.33. The average Bonchev–Trinajstić information content (AvgIpc) is 2.52. The molecule has 3 rings (SSSR count). The molecule has 1 aromatic carbocycles. The maximum atomic E-state index is 13.2. The summed E-state index contributed by atoms with van der Waals surface area (Å²) in [7, 11) is 1.73. The van der Waals surface area contributed by atoms with Crippen LogP contribution in [0.3, 0.4) is 0 Å². The number of likely N-dealkylation sites (tertiary alicyclic amines) is 1. The normalized spacial score (nSPS) is 21.6. The summed E-state index contributed by atoms with van der Waals surface area (Å²) in [4.78, 5) is 15.0. The van der Waals surface area contributed by atoms with Crippen LogP contribution in [0.5, 0.6) is 0 Å². The topological polar surface area (TPSA) is 32.8 Å². The predicted octanol–water partition coefficient (Wildman–Crippen LogP) is 2.12. The van der Waals surface area contributed by atoms with E-state index in [1.54, 1.807) is 18.0 Å². The number of likely N-dealkylation sites (N-methyl/N-ethyl adjacent to an activating group) is 1. The Morgan fingerprint density at radius 1 is 1.37 bits per heavy atom. The highest BCUT2D eigenvalue weighted by atomic mass is 35.5. The fourth-order valence-electron chi connectivity index (χ4n) is 2.80. The molecular formula is C13H14ClFN2O2. The second-order valence-corrected chi connectivity index (χ2v) is 5.77. The van der Waals surface area contributed by atoms with Crippen molar-refractivity contribution in [1.29, 1.82) is 0 Å². The van der Waals surface area contributed by atoms with Crippen molar-refractivity contribution >= 4 is 17.7 Å². The molecule has 1 spiro atoms. The van der Waals surface area contributed by atoms with Crippen molar-refractivity contribution in [3.05, 3.63) is 34.6 Å². The number of carbonyl (C=O) groups excluding carboxylic acids is 1. The first-order chi connectivity index (χ1) is 8.96. The van der Waals surface area contributed by atoms with Gasteiger partial charge in [0.2, 0.25) is 0 Å². The number of hydrogen-bond acceptors (Lipinski definition) is 3. The molecule has 0 unspecified atom stereocenters. The van der Waals surface area contributed by atoms with Gasteiger partial charge in [0.15, 0.2) is 5.60 Å². The molecule has 2 saturated heterocycles. The van der Waals surface area contributed by atoms with E-state index in [4.69, 9.17) is 16.3 Å². The molecule has 0 saturated carbocycles. The Hall–Kier alpha value is -1.33. The van der Waals surface area contributed by atoms with Crippen LogP contribution in [-0.4, -0.2) is 48.2 Å². The molecule has 0 bridgehead atoms. The fraction of sp³-hybridized carbons (Fsp3) is 0.462. The van der Waals surface area contributed by atoms with Gasteiger partial charge in [0.1, 0.15) is 5.82 Å². The van der Waals surface area contributed by atoms with Crippen LogP contribution in [0.2, 0.25) is 5.02 Å². The molecule has 2 fully saturated rings. The largest absolute Gasteiger partial charge is 0.438 e. The standard InChI is InChI=1S/C13H14ClFN2O2/c1-16-6-13(19-12(16)18)7-17(8-13)5-9-2-10(14)4-11(15)3-9/h2-4H,5-8H2,1H3. The summed E-state index contributed by atoms with van der Waals surface area (Å²) in [6, 6.07) is 4.52. The van der Waals surface area contributed by atoms with E-state index < -0.39 is 0 Å². The molecule has 0 atom stereocenters. The smallest absolute Gasteiger partial charge is 0.410 e. The lowest BCUT2D eigenvalue weighted by molar-refractivity contribution is -0.0773. The summed E-state index contributed by atoms with van der Waals surface area (Å²) in [6.07, 6.45) is -0.270. The van der Waals surface area contributed by atoms with E-state index in [1.807, 2.05) is 0 Å². The number of halogens is 2. The highest BCUT2D eigenvalue weighted by Gasteiger charge is 2.52. The van der Waals surface area contributed by atoms with Crippen molar-refractivity contribution in [3.63, 3.8) is 0 Å². The SMILES string of the molecule is CN1CC2(CN(Cc3cc(F)cc(Cl)c3)C2)OC1=O. The van der Waals surface area contributed by atoms with Crippen LogP contribution in [0, 0.1) is 5.82 Å². The van der Waals surface area contributed by atoms with Crippen LogP contribution in [0.25, 0.3) is 0 Å². The molecule has 2 heterocycles. The zero-order valence-corrected chi connectivity index (χ0v) is 11.3. The highest BCUT2D eigenvalue weighted by molar-refractivity contribution is 6.30. The van der Waals surface area contributed by atoms with Crippen LogP contribution in [0.1, 0.15) is 5.56 Å². The molecule has 1 amide bonds. The number of carbonyl (C=O) groups is 1. The van der Waals surface area contributed by atoms with Gasteiger partial charge in [-0.2, -0.15) is 0 Å². The van der Waals surface area contributed by atoms with Crippen LogP contribution in [0.4, 0.5) is 9.18 Å². The summed E-state index contributed by atoms with van der Waals surface area (Å²) in [5.41, 5.74) is 0.459. The monoisotopic (exact) mass is 284 g/mol. The van der Waals surface area contributed by atoms with Crippen molar-refractivity contribution in [2.45, 2.75) is 12.1 Å². The Bertz CT molecular complexity index is 511. The molecule has 1 aromatic rings. The first-order valence-electron chi connectivity index (χ1n) is 6.07. The van der Waals surface area contributed by atoms with Gasteiger partial charge in [-0.25, -0.2) is 9.18 Å². The maximum Gasteiger partial charge on any atom is 0.410 e. The van der Waals surface area contributed by atoms with Gasteiger partial charge in [-0.1, -0.05) is 11.6 Å². The number of amides is 1. The first-order valence-corrected chi connectivity index (χ1v) is 6.45. The molecule has 0 radical (unpaired) electrons. The number of nitrogens with zero attached hydrogens (tertiary/aromatic N) is 2. The predicted molar refractivity (Wildman–Crippen MR) is 68.5 cm³/mol. The van der Waals surface area contributed by atoms with Crippen LogP contribution < -0.4 is 0 Å². The zero-order chi connectivity index (χ0) is 13.6. The van der Waals surface area contributed by atoms with Crippen molar-refractivity contribution in [2.75, 3.05) is 26.7 Å². The molecule has 102 valence electrons. The minimum atomic E-state index is -0.372. The van der Waals surface area contributed by atoms with Gasteiger partial charge in [0.25, 0.3) is 0 Å². The van der Waals surface area contributed by atoms with Crippen LogP contribution >= 0.6 is 11.6 Å². The molecular weight excluding hydrogens is 271 g/mol. The third-order valence-electron chi connectivity index (χ3n) is 3.49. The summed E-state index contributed by atoms with van der Waals surface area (Å²) >= 11 is 5.82. The lowest BCUT2D eigenvalue weighted by Gasteiger charge is -2.45. The molecule has 4 nitrogen and oxygen atoms in total. The fourth-order valence-corrected chi connectivity index (χ4v) is 3.04. The van der Waals surface area contributed by atoms with Crippen molar-refractivity contribution in [2.24, 2.45) is 0 Å². The molecule has 0 N–H and O–H groups in total. The summed E-state index contributed by atoms with van der Waals surface area (Å²) in [6.45, 7) is 2.58. The van der Waals surface area contributed by atoms with Gasteiger partial charge < -0.3 is 9.64 Å². The Labute approximate surface area is 115 Å². The Kier molecular flexibility index (Phi) is 2.91. The average molecular weight is 285 g/mol.